The Morgan fingerprint density at radius 2 is 1.77 bits per heavy atom. The molecule has 2 aliphatic rings. The molecule has 0 aliphatic carbocycles. The van der Waals surface area contributed by atoms with Gasteiger partial charge in [-0.1, -0.05) is 44.0 Å². The van der Waals surface area contributed by atoms with E-state index in [4.69, 9.17) is 27.6 Å². The van der Waals surface area contributed by atoms with Gasteiger partial charge in [-0.3, -0.25) is 4.79 Å². The van der Waals surface area contributed by atoms with Gasteiger partial charge in [0.25, 0.3) is 5.91 Å². The lowest BCUT2D eigenvalue weighted by Gasteiger charge is -2.38. The highest BCUT2D eigenvalue weighted by atomic mass is 35.5. The molecule has 1 aromatic heterocycles. The summed E-state index contributed by atoms with van der Waals surface area (Å²) in [6.45, 7) is 11.3. The van der Waals surface area contributed by atoms with Crippen molar-refractivity contribution in [3.8, 4) is 0 Å². The third-order valence-corrected chi connectivity index (χ3v) is 10.4. The van der Waals surface area contributed by atoms with E-state index in [0.717, 1.165) is 4.90 Å². The molecule has 2 saturated heterocycles. The standard InChI is InChI=1S/C17H23Cl2N3O3Si/c1-17(2,3)26(4,5)25-11-8-12-15(23)22(16(24)21(12)9-11)10-6-13(18)20-14(19)7-10/h6-7,11-12H,8-9H2,1-5H3/t11-,12?/m1/s1. The number of hydrogen-bond acceptors (Lipinski definition) is 4. The molecule has 26 heavy (non-hydrogen) atoms. The molecule has 0 saturated carbocycles. The first kappa shape index (κ1) is 19.6. The summed E-state index contributed by atoms with van der Waals surface area (Å²) in [5.41, 5.74) is 0.348. The molecule has 0 radical (unpaired) electrons. The van der Waals surface area contributed by atoms with Gasteiger partial charge in [0.15, 0.2) is 8.32 Å². The number of pyridine rings is 1. The van der Waals surface area contributed by atoms with Crippen molar-refractivity contribution in [2.24, 2.45) is 0 Å². The molecule has 9 heteroatoms. The smallest absolute Gasteiger partial charge is 0.332 e. The summed E-state index contributed by atoms with van der Waals surface area (Å²) in [5.74, 6) is -0.269. The Kier molecular flexibility index (Phi) is 4.88. The summed E-state index contributed by atoms with van der Waals surface area (Å²) in [6, 6.07) is 2.08. The highest BCUT2D eigenvalue weighted by Gasteiger charge is 2.53. The molecule has 0 N–H and O–H groups in total. The van der Waals surface area contributed by atoms with E-state index < -0.39 is 14.4 Å². The van der Waals surface area contributed by atoms with Crippen LogP contribution in [0.15, 0.2) is 12.1 Å². The molecule has 2 aliphatic heterocycles. The lowest BCUT2D eigenvalue weighted by atomic mass is 10.2. The van der Waals surface area contributed by atoms with Gasteiger partial charge in [-0.2, -0.15) is 0 Å². The van der Waals surface area contributed by atoms with Gasteiger partial charge in [-0.05, 0) is 30.3 Å². The van der Waals surface area contributed by atoms with Crippen LogP contribution in [0.3, 0.4) is 0 Å². The second kappa shape index (κ2) is 6.47. The number of halogens is 2. The second-order valence-electron chi connectivity index (χ2n) is 8.33. The minimum atomic E-state index is -1.96. The SMILES string of the molecule is CC(C)(C)[Si](C)(C)O[C@@H]1CC2C(=O)N(c3cc(Cl)nc(Cl)c3)C(=O)N2C1. The van der Waals surface area contributed by atoms with E-state index in [9.17, 15) is 9.59 Å². The molecule has 0 spiro atoms. The zero-order valence-corrected chi connectivity index (χ0v) is 18.1. The fourth-order valence-electron chi connectivity index (χ4n) is 3.11. The minimum absolute atomic E-state index is 0.0740. The molecule has 1 unspecified atom stereocenters. The van der Waals surface area contributed by atoms with E-state index in [-0.39, 0.29) is 33.4 Å². The van der Waals surface area contributed by atoms with Gasteiger partial charge in [-0.15, -0.1) is 0 Å². The van der Waals surface area contributed by atoms with Crippen molar-refractivity contribution in [1.29, 1.82) is 0 Å². The van der Waals surface area contributed by atoms with Crippen molar-refractivity contribution in [3.05, 3.63) is 22.4 Å². The van der Waals surface area contributed by atoms with Crippen LogP contribution in [0.4, 0.5) is 10.5 Å². The summed E-state index contributed by atoms with van der Waals surface area (Å²) in [7, 11) is -1.96. The van der Waals surface area contributed by atoms with E-state index in [1.54, 1.807) is 4.90 Å². The number of nitrogens with zero attached hydrogens (tertiary/aromatic N) is 3. The van der Waals surface area contributed by atoms with Gasteiger partial charge < -0.3 is 9.33 Å². The number of anilines is 1. The molecule has 3 amide bonds. The van der Waals surface area contributed by atoms with Crippen molar-refractivity contribution in [3.63, 3.8) is 0 Å². The Bertz CT molecular complexity index is 722. The third kappa shape index (κ3) is 3.37. The zero-order valence-electron chi connectivity index (χ0n) is 15.5. The van der Waals surface area contributed by atoms with E-state index in [0.29, 0.717) is 18.7 Å². The van der Waals surface area contributed by atoms with Crippen molar-refractivity contribution < 1.29 is 14.0 Å². The highest BCUT2D eigenvalue weighted by Crippen LogP contribution is 2.40. The maximum atomic E-state index is 12.8. The molecule has 0 bridgehead atoms. The molecule has 0 aromatic carbocycles. The molecular formula is C17H23Cl2N3O3Si. The van der Waals surface area contributed by atoms with Crippen LogP contribution in [0.5, 0.6) is 0 Å². The van der Waals surface area contributed by atoms with Crippen LogP contribution >= 0.6 is 23.2 Å². The molecule has 2 atom stereocenters. The predicted octanol–water partition coefficient (Wildman–Crippen LogP) is 4.32. The lowest BCUT2D eigenvalue weighted by Crippen LogP contribution is -2.45. The van der Waals surface area contributed by atoms with Crippen LogP contribution in [0.2, 0.25) is 28.4 Å². The Hall–Kier alpha value is -1.15. The maximum Gasteiger partial charge on any atom is 0.332 e. The number of imide groups is 1. The van der Waals surface area contributed by atoms with E-state index in [2.05, 4.69) is 38.8 Å². The van der Waals surface area contributed by atoms with E-state index >= 15 is 0 Å². The fraction of sp³-hybridized carbons (Fsp3) is 0.588. The summed E-state index contributed by atoms with van der Waals surface area (Å²) in [6.07, 6.45) is 0.403. The number of rotatable bonds is 3. The lowest BCUT2D eigenvalue weighted by molar-refractivity contribution is -0.119. The summed E-state index contributed by atoms with van der Waals surface area (Å²) in [4.78, 5) is 32.2. The van der Waals surface area contributed by atoms with Crippen LogP contribution < -0.4 is 4.90 Å². The third-order valence-electron chi connectivity index (χ3n) is 5.48. The predicted molar refractivity (Wildman–Crippen MR) is 104 cm³/mol. The maximum absolute atomic E-state index is 12.8. The number of amides is 3. The van der Waals surface area contributed by atoms with Gasteiger partial charge in [0.2, 0.25) is 0 Å². The number of urea groups is 1. The first-order valence-corrected chi connectivity index (χ1v) is 12.2. The minimum Gasteiger partial charge on any atom is -0.412 e. The number of fused-ring (bicyclic) bond motifs is 1. The average Bonchev–Trinajstić information content (AvgIpc) is 2.96. The summed E-state index contributed by atoms with van der Waals surface area (Å²) >= 11 is 11.8. The summed E-state index contributed by atoms with van der Waals surface area (Å²) < 4.78 is 6.40. The molecule has 6 nitrogen and oxygen atoms in total. The Labute approximate surface area is 164 Å². The van der Waals surface area contributed by atoms with Gasteiger partial charge in [-0.25, -0.2) is 14.7 Å². The Morgan fingerprint density at radius 3 is 2.27 bits per heavy atom. The quantitative estimate of drug-likeness (QED) is 0.418. The van der Waals surface area contributed by atoms with Crippen LogP contribution in [0.25, 0.3) is 0 Å². The van der Waals surface area contributed by atoms with Crippen molar-refractivity contribution >= 4 is 49.1 Å². The van der Waals surface area contributed by atoms with Crippen LogP contribution in [0, 0.1) is 0 Å². The van der Waals surface area contributed by atoms with Crippen LogP contribution in [0.1, 0.15) is 27.2 Å². The number of carbonyl (C=O) groups is 2. The Morgan fingerprint density at radius 1 is 1.19 bits per heavy atom. The molecular weight excluding hydrogens is 393 g/mol. The van der Waals surface area contributed by atoms with Gasteiger partial charge in [0.05, 0.1) is 11.8 Å². The van der Waals surface area contributed by atoms with Crippen LogP contribution in [-0.2, 0) is 9.22 Å². The number of hydrogen-bond donors (Lipinski definition) is 0. The molecule has 1 aromatic rings. The number of carbonyl (C=O) groups excluding carboxylic acids is 2. The topological polar surface area (TPSA) is 62.7 Å². The van der Waals surface area contributed by atoms with Crippen molar-refractivity contribution in [2.75, 3.05) is 11.4 Å². The average molecular weight is 416 g/mol. The first-order valence-electron chi connectivity index (χ1n) is 8.56. The summed E-state index contributed by atoms with van der Waals surface area (Å²) in [5, 5.41) is 0.351. The molecule has 3 rings (SSSR count). The fourth-order valence-corrected chi connectivity index (χ4v) is 4.92. The van der Waals surface area contributed by atoms with Gasteiger partial charge in [0, 0.05) is 13.0 Å². The highest BCUT2D eigenvalue weighted by molar-refractivity contribution is 6.74. The zero-order chi connectivity index (χ0) is 19.4. The van der Waals surface area contributed by atoms with Gasteiger partial charge in [0.1, 0.15) is 16.3 Å². The van der Waals surface area contributed by atoms with Crippen molar-refractivity contribution in [1.82, 2.24) is 9.88 Å². The molecule has 2 fully saturated rings. The molecule has 142 valence electrons. The van der Waals surface area contributed by atoms with Gasteiger partial charge >= 0.3 is 6.03 Å². The number of aromatic nitrogens is 1. The normalized spacial score (nSPS) is 23.8. The monoisotopic (exact) mass is 415 g/mol. The van der Waals surface area contributed by atoms with E-state index in [1.165, 1.54) is 12.1 Å². The van der Waals surface area contributed by atoms with Crippen molar-refractivity contribution in [2.45, 2.75) is 57.5 Å². The van der Waals surface area contributed by atoms with E-state index in [1.807, 2.05) is 0 Å². The first-order chi connectivity index (χ1) is 11.9. The largest absolute Gasteiger partial charge is 0.412 e. The van der Waals surface area contributed by atoms with Crippen LogP contribution in [-0.4, -0.2) is 48.8 Å². The Balaban J connectivity index is 1.78. The second-order valence-corrected chi connectivity index (χ2v) is 13.9. The molecule has 3 heterocycles.